The molecule has 3 atom stereocenters. The molecule has 2 N–H and O–H groups in total. The monoisotopic (exact) mass is 774 g/mol. The number of rotatable bonds is 11. The Kier molecular flexibility index (Phi) is 12.5. The third-order valence-corrected chi connectivity index (χ3v) is 9.52. The number of carbonyl (C=O) groups is 2. The van der Waals surface area contributed by atoms with Gasteiger partial charge in [0.25, 0.3) is 5.91 Å². The molecule has 0 fully saturated rings. The lowest BCUT2D eigenvalue weighted by Gasteiger charge is -2.38. The quantitative estimate of drug-likeness (QED) is 0.150. The molecule has 0 aromatic heterocycles. The van der Waals surface area contributed by atoms with Crippen LogP contribution in [0.1, 0.15) is 46.5 Å². The maximum Gasteiger partial charge on any atom is 0.419 e. The van der Waals surface area contributed by atoms with E-state index in [2.05, 4.69) is 5.32 Å². The molecule has 1 aliphatic rings. The number of aliphatic hydroxyl groups is 1. The Morgan fingerprint density at radius 1 is 0.927 bits per heavy atom. The molecule has 0 saturated carbocycles. The van der Waals surface area contributed by atoms with Crippen LogP contribution in [0, 0.1) is 11.7 Å². The average molecular weight is 775 g/mol. The summed E-state index contributed by atoms with van der Waals surface area (Å²) in [4.78, 5) is 32.1. The zero-order valence-corrected chi connectivity index (χ0v) is 30.5. The maximum atomic E-state index is 14.2. The third-order valence-electron chi connectivity index (χ3n) is 9.52. The number of amides is 2. The number of hydrogen-bond acceptors (Lipinski definition) is 6. The van der Waals surface area contributed by atoms with Crippen LogP contribution in [-0.4, -0.2) is 72.7 Å². The van der Waals surface area contributed by atoms with Crippen LogP contribution in [0.2, 0.25) is 0 Å². The third kappa shape index (κ3) is 9.94. The lowest BCUT2D eigenvalue weighted by atomic mass is 9.98. The smallest absolute Gasteiger partial charge is 0.419 e. The zero-order chi connectivity index (χ0) is 40.2. The molecule has 0 unspecified atom stereocenters. The molecular weight excluding hydrogens is 733 g/mol. The summed E-state index contributed by atoms with van der Waals surface area (Å²) in [5.74, 6) is -2.44. The molecule has 1 aliphatic heterocycles. The van der Waals surface area contributed by atoms with Crippen molar-refractivity contribution < 1.29 is 50.2 Å². The molecule has 55 heavy (non-hydrogen) atoms. The van der Waals surface area contributed by atoms with Gasteiger partial charge in [-0.25, -0.2) is 4.39 Å². The number of likely N-dealkylation sites (N-methyl/N-ethyl adjacent to an activating group) is 1. The minimum Gasteiger partial charge on any atom is -0.486 e. The molecule has 294 valence electrons. The summed E-state index contributed by atoms with van der Waals surface area (Å²) in [5, 5.41) is 12.8. The predicted octanol–water partition coefficient (Wildman–Crippen LogP) is 8.16. The van der Waals surface area contributed by atoms with E-state index >= 15 is 0 Å². The van der Waals surface area contributed by atoms with Gasteiger partial charge in [0.15, 0.2) is 5.75 Å². The Balaban J connectivity index is 1.33. The Labute approximate surface area is 314 Å². The Morgan fingerprint density at radius 3 is 2.16 bits per heavy atom. The number of benzene rings is 4. The van der Waals surface area contributed by atoms with Crippen molar-refractivity contribution in [3.63, 3.8) is 0 Å². The highest BCUT2D eigenvalue weighted by Gasteiger charge is 2.36. The molecular formula is C40H41F7N4O4. The maximum absolute atomic E-state index is 14.2. The molecule has 15 heteroatoms. The van der Waals surface area contributed by atoms with E-state index in [1.54, 1.807) is 54.1 Å². The number of para-hydroxylation sites is 1. The number of ether oxygens (including phenoxy) is 1. The Morgan fingerprint density at radius 2 is 1.56 bits per heavy atom. The van der Waals surface area contributed by atoms with E-state index in [0.717, 1.165) is 23.8 Å². The second-order valence-electron chi connectivity index (χ2n) is 13.8. The minimum absolute atomic E-state index is 0.125. The van der Waals surface area contributed by atoms with Gasteiger partial charge in [-0.3, -0.25) is 14.5 Å². The Bertz CT molecular complexity index is 1970. The van der Waals surface area contributed by atoms with E-state index in [1.807, 2.05) is 31.0 Å². The van der Waals surface area contributed by atoms with E-state index in [-0.39, 0.29) is 48.2 Å². The fraction of sp³-hybridized carbons (Fsp3) is 0.350. The van der Waals surface area contributed by atoms with E-state index in [1.165, 1.54) is 18.2 Å². The van der Waals surface area contributed by atoms with E-state index in [9.17, 15) is 45.4 Å². The van der Waals surface area contributed by atoms with Gasteiger partial charge >= 0.3 is 12.4 Å². The summed E-state index contributed by atoms with van der Waals surface area (Å²) < 4.78 is 99.0. The number of carbonyl (C=O) groups excluding carboxylic acids is 2. The number of nitrogens with zero attached hydrogens (tertiary/aromatic N) is 3. The summed E-state index contributed by atoms with van der Waals surface area (Å²) in [5.41, 5.74) is 0.296. The first kappa shape index (κ1) is 41.0. The van der Waals surface area contributed by atoms with Crippen molar-refractivity contribution in [3.8, 4) is 5.75 Å². The summed E-state index contributed by atoms with van der Waals surface area (Å²) in [6.45, 7) is 4.40. The first-order valence-corrected chi connectivity index (χ1v) is 17.4. The van der Waals surface area contributed by atoms with Gasteiger partial charge in [0.1, 0.15) is 11.9 Å². The van der Waals surface area contributed by atoms with Crippen LogP contribution in [-0.2, 0) is 30.1 Å². The second-order valence-corrected chi connectivity index (χ2v) is 13.8. The van der Waals surface area contributed by atoms with Crippen molar-refractivity contribution in [2.45, 2.75) is 51.3 Å². The number of aliphatic hydroxyl groups excluding tert-OH is 1. The first-order valence-electron chi connectivity index (χ1n) is 17.4. The van der Waals surface area contributed by atoms with Crippen molar-refractivity contribution in [2.24, 2.45) is 5.92 Å². The van der Waals surface area contributed by atoms with Gasteiger partial charge in [-0.15, -0.1) is 0 Å². The summed E-state index contributed by atoms with van der Waals surface area (Å²) in [6, 6.07) is 18.4. The Hall–Kier alpha value is -5.15. The normalized spacial score (nSPS) is 16.9. The number of hydrogen-bond donors (Lipinski definition) is 2. The van der Waals surface area contributed by atoms with Crippen LogP contribution in [0.3, 0.4) is 0 Å². The summed E-state index contributed by atoms with van der Waals surface area (Å²) in [6.07, 6.45) is -10.1. The van der Waals surface area contributed by atoms with Gasteiger partial charge in [0, 0.05) is 44.0 Å². The largest absolute Gasteiger partial charge is 0.486 e. The van der Waals surface area contributed by atoms with Gasteiger partial charge in [-0.05, 0) is 79.7 Å². The number of alkyl halides is 6. The molecule has 0 bridgehead atoms. The molecule has 0 spiro atoms. The molecule has 0 radical (unpaired) electrons. The number of nitrogens with one attached hydrogen (secondary N) is 1. The second kappa shape index (κ2) is 16.7. The van der Waals surface area contributed by atoms with Gasteiger partial charge in [-0.2, -0.15) is 26.3 Å². The minimum atomic E-state index is -4.80. The summed E-state index contributed by atoms with van der Waals surface area (Å²) in [7, 11) is 3.49. The van der Waals surface area contributed by atoms with Crippen LogP contribution >= 0.6 is 0 Å². The molecule has 0 aliphatic carbocycles. The molecule has 4 aromatic carbocycles. The highest BCUT2D eigenvalue weighted by Crippen LogP contribution is 2.37. The number of fused-ring (bicyclic) bond motifs is 1. The van der Waals surface area contributed by atoms with Crippen LogP contribution in [0.4, 0.5) is 47.8 Å². The first-order chi connectivity index (χ1) is 25.8. The van der Waals surface area contributed by atoms with Gasteiger partial charge in [-0.1, -0.05) is 37.3 Å². The van der Waals surface area contributed by atoms with E-state index < -0.39 is 53.3 Å². The number of halogens is 7. The highest BCUT2D eigenvalue weighted by molar-refractivity contribution is 6.02. The topological polar surface area (TPSA) is 85.3 Å². The fourth-order valence-electron chi connectivity index (χ4n) is 6.35. The van der Waals surface area contributed by atoms with Crippen LogP contribution in [0.15, 0.2) is 84.9 Å². The average Bonchev–Trinajstić information content (AvgIpc) is 3.12. The zero-order valence-electron chi connectivity index (χ0n) is 30.5. The van der Waals surface area contributed by atoms with E-state index in [0.29, 0.717) is 30.4 Å². The van der Waals surface area contributed by atoms with Crippen molar-refractivity contribution >= 4 is 28.9 Å². The van der Waals surface area contributed by atoms with Gasteiger partial charge in [0.05, 0.1) is 41.4 Å². The molecule has 2 amide bonds. The molecule has 1 heterocycles. The van der Waals surface area contributed by atoms with Crippen molar-refractivity contribution in [1.29, 1.82) is 0 Å². The van der Waals surface area contributed by atoms with Crippen molar-refractivity contribution in [1.82, 2.24) is 9.80 Å². The predicted molar refractivity (Wildman–Crippen MR) is 194 cm³/mol. The van der Waals surface area contributed by atoms with Crippen molar-refractivity contribution in [2.75, 3.05) is 44.0 Å². The lowest BCUT2D eigenvalue weighted by Crippen LogP contribution is -2.49. The molecule has 8 nitrogen and oxygen atoms in total. The van der Waals surface area contributed by atoms with Crippen LogP contribution < -0.4 is 15.0 Å². The number of anilines is 3. The SMILES string of the molecule is C[C@@H]1CN([C@@H](C)CO)C(=O)c2cccc(NC(=O)Cc3ccc(C(F)(F)F)cc3)c2O[C@@H]1CN(C)Cc1ccc(N(C)c2ccc(C(F)(F)F)c(F)c2)cc1. The summed E-state index contributed by atoms with van der Waals surface area (Å²) >= 11 is 0. The standard InChI is InChI=1S/C40H41F7N4O4/c1-24-20-51(25(2)23-52)38(54)31-6-5-7-34(48-36(53)18-26-8-12-28(13-9-26)39(42,43)44)37(31)55-35(24)22-49(3)21-27-10-14-29(15-11-27)50(4)30-16-17-32(33(41)19-30)40(45,46)47/h5-17,19,24-25,35,52H,18,20-23H2,1-4H3,(H,48,53)/t24-,25+,35-/m1/s1. The lowest BCUT2D eigenvalue weighted by molar-refractivity contribution is -0.140. The molecule has 5 rings (SSSR count). The molecule has 0 saturated heterocycles. The van der Waals surface area contributed by atoms with Gasteiger partial charge < -0.3 is 25.0 Å². The molecule has 4 aromatic rings. The highest BCUT2D eigenvalue weighted by atomic mass is 19.4. The van der Waals surface area contributed by atoms with E-state index in [4.69, 9.17) is 4.74 Å². The van der Waals surface area contributed by atoms with Crippen LogP contribution in [0.25, 0.3) is 0 Å². The van der Waals surface area contributed by atoms with Gasteiger partial charge in [0.2, 0.25) is 5.91 Å². The van der Waals surface area contributed by atoms with Crippen molar-refractivity contribution in [3.05, 3.63) is 119 Å². The fourth-order valence-corrected chi connectivity index (χ4v) is 6.35. The van der Waals surface area contributed by atoms with Crippen LogP contribution in [0.5, 0.6) is 5.75 Å².